The number of nitrogens with zero attached hydrogens (tertiary/aromatic N) is 2. The van der Waals surface area contributed by atoms with Crippen molar-refractivity contribution in [1.82, 2.24) is 9.55 Å². The second-order valence-electron chi connectivity index (χ2n) is 4.62. The highest BCUT2D eigenvalue weighted by atomic mass is 16.5. The Kier molecular flexibility index (Phi) is 4.36. The maximum Gasteiger partial charge on any atom is 0.358 e. The van der Waals surface area contributed by atoms with Gasteiger partial charge in [0, 0.05) is 25.5 Å². The van der Waals surface area contributed by atoms with E-state index in [0.29, 0.717) is 24.3 Å². The molecular weight excluding hydrogens is 232 g/mol. The Morgan fingerprint density at radius 3 is 3.00 bits per heavy atom. The second-order valence-corrected chi connectivity index (χ2v) is 4.62. The van der Waals surface area contributed by atoms with Crippen LogP contribution in [0, 0.1) is 5.92 Å². The van der Waals surface area contributed by atoms with Crippen LogP contribution in [-0.4, -0.2) is 35.3 Å². The third kappa shape index (κ3) is 2.90. The summed E-state index contributed by atoms with van der Waals surface area (Å²) in [6, 6.07) is 0.338. The molecular formula is C13H20N2O3. The van der Waals surface area contributed by atoms with E-state index in [1.165, 1.54) is 0 Å². The number of hydrogen-bond acceptors (Lipinski definition) is 4. The zero-order valence-corrected chi connectivity index (χ0v) is 11.0. The quantitative estimate of drug-likeness (QED) is 0.770. The summed E-state index contributed by atoms with van der Waals surface area (Å²) in [6.07, 6.45) is 5.62. The van der Waals surface area contributed by atoms with E-state index in [9.17, 15) is 4.79 Å². The first-order chi connectivity index (χ1) is 8.72. The molecule has 1 aromatic heterocycles. The number of hydrogen-bond donors (Lipinski definition) is 0. The highest BCUT2D eigenvalue weighted by Crippen LogP contribution is 2.27. The second kappa shape index (κ2) is 6.00. The molecule has 2 rings (SSSR count). The van der Waals surface area contributed by atoms with E-state index in [0.717, 1.165) is 26.1 Å². The van der Waals surface area contributed by atoms with Crippen LogP contribution < -0.4 is 0 Å². The lowest BCUT2D eigenvalue weighted by Gasteiger charge is -2.28. The molecule has 0 saturated carbocycles. The van der Waals surface area contributed by atoms with Crippen molar-refractivity contribution in [3.05, 3.63) is 18.2 Å². The van der Waals surface area contributed by atoms with Gasteiger partial charge in [0.15, 0.2) is 5.69 Å². The molecule has 0 aromatic carbocycles. The molecule has 2 heterocycles. The van der Waals surface area contributed by atoms with E-state index in [2.05, 4.69) is 11.9 Å². The zero-order chi connectivity index (χ0) is 13.0. The molecule has 18 heavy (non-hydrogen) atoms. The molecule has 100 valence electrons. The zero-order valence-electron chi connectivity index (χ0n) is 11.0. The summed E-state index contributed by atoms with van der Waals surface area (Å²) < 4.78 is 12.3. The standard InChI is InChI=1S/C13H20N2O3/c1-3-18-13(16)12-8-15(9-14-12)10(2)11-4-6-17-7-5-11/h8-11H,3-7H2,1-2H3/t10-/m0/s1. The molecule has 1 atom stereocenters. The van der Waals surface area contributed by atoms with Crippen LogP contribution in [0.1, 0.15) is 43.2 Å². The summed E-state index contributed by atoms with van der Waals surface area (Å²) >= 11 is 0. The molecule has 5 nitrogen and oxygen atoms in total. The fraction of sp³-hybridized carbons (Fsp3) is 0.692. The fourth-order valence-electron chi connectivity index (χ4n) is 2.31. The van der Waals surface area contributed by atoms with Crippen LogP contribution >= 0.6 is 0 Å². The van der Waals surface area contributed by atoms with Crippen LogP contribution in [0.3, 0.4) is 0 Å². The van der Waals surface area contributed by atoms with Crippen molar-refractivity contribution >= 4 is 5.97 Å². The third-order valence-electron chi connectivity index (χ3n) is 3.50. The summed E-state index contributed by atoms with van der Waals surface area (Å²) in [7, 11) is 0. The minimum Gasteiger partial charge on any atom is -0.461 e. The van der Waals surface area contributed by atoms with Crippen LogP contribution in [-0.2, 0) is 9.47 Å². The van der Waals surface area contributed by atoms with Gasteiger partial charge in [-0.05, 0) is 32.6 Å². The van der Waals surface area contributed by atoms with Crippen LogP contribution in [0.15, 0.2) is 12.5 Å². The van der Waals surface area contributed by atoms with Gasteiger partial charge in [0.25, 0.3) is 0 Å². The Hall–Kier alpha value is -1.36. The Labute approximate surface area is 107 Å². The van der Waals surface area contributed by atoms with Crippen LogP contribution in [0.25, 0.3) is 0 Å². The lowest BCUT2D eigenvalue weighted by atomic mass is 9.93. The molecule has 1 aliphatic rings. The lowest BCUT2D eigenvalue weighted by Crippen LogP contribution is -2.23. The minimum absolute atomic E-state index is 0.338. The van der Waals surface area contributed by atoms with Gasteiger partial charge < -0.3 is 14.0 Å². The van der Waals surface area contributed by atoms with E-state index < -0.39 is 0 Å². The summed E-state index contributed by atoms with van der Waals surface area (Å²) in [6.45, 7) is 5.98. The number of imidazole rings is 1. The SMILES string of the molecule is CCOC(=O)c1cn([C@@H](C)C2CCOCC2)cn1. The molecule has 1 fully saturated rings. The first kappa shape index (κ1) is 13.1. The number of carbonyl (C=O) groups is 1. The summed E-state index contributed by atoms with van der Waals surface area (Å²) in [5.41, 5.74) is 0.385. The lowest BCUT2D eigenvalue weighted by molar-refractivity contribution is 0.0504. The first-order valence-electron chi connectivity index (χ1n) is 6.50. The molecule has 0 aliphatic carbocycles. The van der Waals surface area contributed by atoms with E-state index in [4.69, 9.17) is 9.47 Å². The third-order valence-corrected chi connectivity index (χ3v) is 3.50. The Bertz CT molecular complexity index is 397. The van der Waals surface area contributed by atoms with Crippen LogP contribution in [0.4, 0.5) is 0 Å². The topological polar surface area (TPSA) is 53.4 Å². The predicted molar refractivity (Wildman–Crippen MR) is 66.4 cm³/mol. The van der Waals surface area contributed by atoms with Gasteiger partial charge in [-0.25, -0.2) is 9.78 Å². The van der Waals surface area contributed by atoms with E-state index >= 15 is 0 Å². The van der Waals surface area contributed by atoms with E-state index in [-0.39, 0.29) is 5.97 Å². The Morgan fingerprint density at radius 1 is 1.61 bits per heavy atom. The van der Waals surface area contributed by atoms with Gasteiger partial charge >= 0.3 is 5.97 Å². The number of ether oxygens (including phenoxy) is 2. The van der Waals surface area contributed by atoms with Crippen molar-refractivity contribution < 1.29 is 14.3 Å². The summed E-state index contributed by atoms with van der Waals surface area (Å²) in [4.78, 5) is 15.6. The number of carbonyl (C=O) groups excluding carboxylic acids is 1. The van der Waals surface area contributed by atoms with Gasteiger partial charge in [-0.3, -0.25) is 0 Å². The summed E-state index contributed by atoms with van der Waals surface area (Å²) in [5.74, 6) is 0.235. The van der Waals surface area contributed by atoms with Crippen molar-refractivity contribution in [2.75, 3.05) is 19.8 Å². The Morgan fingerprint density at radius 2 is 2.33 bits per heavy atom. The molecule has 1 aliphatic heterocycles. The molecule has 0 spiro atoms. The van der Waals surface area contributed by atoms with Gasteiger partial charge in [-0.15, -0.1) is 0 Å². The highest BCUT2D eigenvalue weighted by molar-refractivity contribution is 5.86. The molecule has 1 aromatic rings. The molecule has 0 radical (unpaired) electrons. The van der Waals surface area contributed by atoms with Crippen molar-refractivity contribution in [1.29, 1.82) is 0 Å². The van der Waals surface area contributed by atoms with Gasteiger partial charge in [-0.2, -0.15) is 0 Å². The molecule has 0 unspecified atom stereocenters. The van der Waals surface area contributed by atoms with Gasteiger partial charge in [0.2, 0.25) is 0 Å². The van der Waals surface area contributed by atoms with Crippen LogP contribution in [0.2, 0.25) is 0 Å². The molecule has 0 amide bonds. The molecule has 5 heteroatoms. The monoisotopic (exact) mass is 252 g/mol. The van der Waals surface area contributed by atoms with Crippen molar-refractivity contribution in [3.63, 3.8) is 0 Å². The van der Waals surface area contributed by atoms with E-state index in [1.54, 1.807) is 19.4 Å². The first-order valence-corrected chi connectivity index (χ1v) is 6.50. The maximum absolute atomic E-state index is 11.5. The average Bonchev–Trinajstić information content (AvgIpc) is 2.89. The molecule has 0 bridgehead atoms. The van der Waals surface area contributed by atoms with Crippen molar-refractivity contribution in [3.8, 4) is 0 Å². The van der Waals surface area contributed by atoms with Gasteiger partial charge in [-0.1, -0.05) is 0 Å². The van der Waals surface area contributed by atoms with Crippen molar-refractivity contribution in [2.24, 2.45) is 5.92 Å². The normalized spacial score (nSPS) is 18.6. The predicted octanol–water partition coefficient (Wildman–Crippen LogP) is 2.05. The molecule has 0 N–H and O–H groups in total. The number of rotatable bonds is 4. The van der Waals surface area contributed by atoms with Crippen LogP contribution in [0.5, 0.6) is 0 Å². The van der Waals surface area contributed by atoms with Gasteiger partial charge in [0.1, 0.15) is 0 Å². The minimum atomic E-state index is -0.351. The fourth-order valence-corrected chi connectivity index (χ4v) is 2.31. The van der Waals surface area contributed by atoms with E-state index in [1.807, 2.05) is 4.57 Å². The molecule has 1 saturated heterocycles. The van der Waals surface area contributed by atoms with Gasteiger partial charge in [0.05, 0.1) is 12.9 Å². The number of esters is 1. The average molecular weight is 252 g/mol. The smallest absolute Gasteiger partial charge is 0.358 e. The maximum atomic E-state index is 11.5. The Balaban J connectivity index is 2.02. The van der Waals surface area contributed by atoms with Crippen molar-refractivity contribution in [2.45, 2.75) is 32.7 Å². The highest BCUT2D eigenvalue weighted by Gasteiger charge is 2.22. The largest absolute Gasteiger partial charge is 0.461 e. The summed E-state index contributed by atoms with van der Waals surface area (Å²) in [5, 5.41) is 0. The number of aromatic nitrogens is 2.